The Labute approximate surface area is 153 Å². The molecule has 1 amide bonds. The van der Waals surface area contributed by atoms with Crippen molar-refractivity contribution in [2.45, 2.75) is 71.8 Å². The van der Waals surface area contributed by atoms with Crippen LogP contribution in [0.4, 0.5) is 5.69 Å². The van der Waals surface area contributed by atoms with Crippen molar-refractivity contribution in [3.05, 3.63) is 24.3 Å². The molecule has 2 rings (SSSR count). The fourth-order valence-corrected chi connectivity index (χ4v) is 4.76. The van der Waals surface area contributed by atoms with Gasteiger partial charge in [0.25, 0.3) is 0 Å². The van der Waals surface area contributed by atoms with E-state index in [2.05, 4.69) is 40.8 Å². The minimum absolute atomic E-state index is 0.0179. The average molecular weight is 364 g/mol. The average Bonchev–Trinajstić information content (AvgIpc) is 2.50. The van der Waals surface area contributed by atoms with Gasteiger partial charge in [-0.3, -0.25) is 4.79 Å². The maximum absolute atomic E-state index is 12.8. The van der Waals surface area contributed by atoms with Gasteiger partial charge in [0.15, 0.2) is 8.32 Å². The first-order chi connectivity index (χ1) is 11.3. The molecule has 0 saturated carbocycles. The summed E-state index contributed by atoms with van der Waals surface area (Å²) in [5.41, 5.74) is 0.489. The first-order valence-corrected chi connectivity index (χ1v) is 11.9. The highest BCUT2D eigenvalue weighted by atomic mass is 28.4. The molecule has 2 atom stereocenters. The van der Waals surface area contributed by atoms with Gasteiger partial charge in [0.1, 0.15) is 5.75 Å². The summed E-state index contributed by atoms with van der Waals surface area (Å²) in [6, 6.07) is 7.70. The molecule has 0 spiro atoms. The molecule has 1 saturated heterocycles. The number of β-lactam (4-membered cyclic amide) rings is 1. The van der Waals surface area contributed by atoms with Crippen LogP contribution in [0, 0.1) is 5.41 Å². The molecule has 1 heterocycles. The number of nitrogens with zero attached hydrogens (tertiary/aromatic N) is 1. The SMILES string of the molecule is COc1ccc(N2C(=O)C(C)(C)[C@H]2[C@H](C)O[Si](C)(C)C(C)(C)C)cc1. The van der Waals surface area contributed by atoms with E-state index in [1.807, 2.05) is 43.0 Å². The Bertz CT molecular complexity index is 631. The molecule has 0 radical (unpaired) electrons. The summed E-state index contributed by atoms with van der Waals surface area (Å²) in [5, 5.41) is 0.143. The number of rotatable bonds is 5. The summed E-state index contributed by atoms with van der Waals surface area (Å²) < 4.78 is 11.8. The van der Waals surface area contributed by atoms with Crippen LogP contribution in [0.15, 0.2) is 24.3 Å². The molecule has 0 N–H and O–H groups in total. The van der Waals surface area contributed by atoms with Crippen molar-refractivity contribution in [2.24, 2.45) is 5.41 Å². The Morgan fingerprint density at radius 1 is 1.16 bits per heavy atom. The second kappa shape index (κ2) is 6.43. The number of benzene rings is 1. The summed E-state index contributed by atoms with van der Waals surface area (Å²) in [6.45, 7) is 17.4. The van der Waals surface area contributed by atoms with E-state index in [9.17, 15) is 4.79 Å². The summed E-state index contributed by atoms with van der Waals surface area (Å²) in [4.78, 5) is 14.7. The standard InChI is InChI=1S/C20H33NO3Si/c1-14(24-25(8,9)19(2,3)4)17-20(5,6)18(22)21(17)15-10-12-16(23-7)13-11-15/h10-14,17H,1-9H3/t14-,17+/m0/s1. The van der Waals surface area contributed by atoms with Crippen molar-refractivity contribution in [1.82, 2.24) is 0 Å². The maximum Gasteiger partial charge on any atom is 0.235 e. The Hall–Kier alpha value is -1.33. The van der Waals surface area contributed by atoms with Gasteiger partial charge in [-0.05, 0) is 63.2 Å². The molecule has 1 aliphatic rings. The molecule has 4 nitrogen and oxygen atoms in total. The van der Waals surface area contributed by atoms with Crippen LogP contribution in [-0.2, 0) is 9.22 Å². The molecular weight excluding hydrogens is 330 g/mol. The highest BCUT2D eigenvalue weighted by Crippen LogP contribution is 2.46. The molecule has 1 aromatic rings. The lowest BCUT2D eigenvalue weighted by molar-refractivity contribution is -0.140. The second-order valence-corrected chi connectivity index (χ2v) is 13.9. The zero-order valence-corrected chi connectivity index (χ0v) is 18.1. The molecule has 1 aromatic carbocycles. The van der Waals surface area contributed by atoms with Gasteiger partial charge < -0.3 is 14.1 Å². The van der Waals surface area contributed by atoms with Crippen LogP contribution < -0.4 is 9.64 Å². The van der Waals surface area contributed by atoms with Crippen LogP contribution in [-0.4, -0.2) is 33.5 Å². The highest BCUT2D eigenvalue weighted by Gasteiger charge is 2.58. The van der Waals surface area contributed by atoms with Crippen LogP contribution >= 0.6 is 0 Å². The number of carbonyl (C=O) groups excluding carboxylic acids is 1. The lowest BCUT2D eigenvalue weighted by Crippen LogP contribution is -2.71. The number of methoxy groups -OCH3 is 1. The first-order valence-electron chi connectivity index (χ1n) is 8.98. The quantitative estimate of drug-likeness (QED) is 0.554. The number of anilines is 1. The molecule has 140 valence electrons. The highest BCUT2D eigenvalue weighted by molar-refractivity contribution is 6.74. The number of carbonyl (C=O) groups is 1. The van der Waals surface area contributed by atoms with Crippen molar-refractivity contribution >= 4 is 19.9 Å². The van der Waals surface area contributed by atoms with Gasteiger partial charge in [0.2, 0.25) is 5.91 Å². The van der Waals surface area contributed by atoms with Crippen LogP contribution in [0.2, 0.25) is 18.1 Å². The van der Waals surface area contributed by atoms with Crippen molar-refractivity contribution in [1.29, 1.82) is 0 Å². The molecule has 1 fully saturated rings. The zero-order chi connectivity index (χ0) is 19.2. The maximum atomic E-state index is 12.8. The van der Waals surface area contributed by atoms with Gasteiger partial charge in [-0.15, -0.1) is 0 Å². The van der Waals surface area contributed by atoms with Gasteiger partial charge in [-0.25, -0.2) is 0 Å². The van der Waals surface area contributed by atoms with Crippen molar-refractivity contribution in [3.8, 4) is 5.75 Å². The van der Waals surface area contributed by atoms with Gasteiger partial charge in [0, 0.05) is 5.69 Å². The van der Waals surface area contributed by atoms with Crippen molar-refractivity contribution in [3.63, 3.8) is 0 Å². The van der Waals surface area contributed by atoms with E-state index in [4.69, 9.17) is 9.16 Å². The lowest BCUT2D eigenvalue weighted by atomic mass is 9.71. The molecule has 0 bridgehead atoms. The van der Waals surface area contributed by atoms with E-state index in [1.165, 1.54) is 0 Å². The topological polar surface area (TPSA) is 38.8 Å². The van der Waals surface area contributed by atoms with Crippen LogP contribution in [0.1, 0.15) is 41.5 Å². The Kier molecular flexibility index (Phi) is 5.14. The van der Waals surface area contributed by atoms with E-state index < -0.39 is 13.7 Å². The molecule has 0 unspecified atom stereocenters. The second-order valence-electron chi connectivity index (χ2n) is 9.12. The number of ether oxygens (including phenoxy) is 1. The van der Waals surface area contributed by atoms with Crippen LogP contribution in [0.5, 0.6) is 5.75 Å². The van der Waals surface area contributed by atoms with Gasteiger partial charge in [-0.2, -0.15) is 0 Å². The summed E-state index contributed by atoms with van der Waals surface area (Å²) >= 11 is 0. The Balaban J connectivity index is 2.27. The van der Waals surface area contributed by atoms with Crippen LogP contribution in [0.3, 0.4) is 0 Å². The Morgan fingerprint density at radius 3 is 2.12 bits per heavy atom. The zero-order valence-electron chi connectivity index (χ0n) is 17.1. The van der Waals surface area contributed by atoms with Gasteiger partial charge in [-0.1, -0.05) is 20.8 Å². The molecule has 0 aromatic heterocycles. The van der Waals surface area contributed by atoms with E-state index in [0.29, 0.717) is 0 Å². The van der Waals surface area contributed by atoms with E-state index >= 15 is 0 Å². The van der Waals surface area contributed by atoms with E-state index in [-0.39, 0.29) is 23.1 Å². The predicted molar refractivity (Wildman–Crippen MR) is 106 cm³/mol. The molecular formula is C20H33NO3Si. The fourth-order valence-electron chi connectivity index (χ4n) is 3.34. The number of hydrogen-bond donors (Lipinski definition) is 0. The molecule has 0 aliphatic carbocycles. The van der Waals surface area contributed by atoms with E-state index in [1.54, 1.807) is 7.11 Å². The van der Waals surface area contributed by atoms with Gasteiger partial charge >= 0.3 is 0 Å². The summed E-state index contributed by atoms with van der Waals surface area (Å²) in [5.74, 6) is 0.937. The van der Waals surface area contributed by atoms with Crippen molar-refractivity contribution < 1.29 is 14.0 Å². The van der Waals surface area contributed by atoms with E-state index in [0.717, 1.165) is 11.4 Å². The number of hydrogen-bond acceptors (Lipinski definition) is 3. The molecule has 1 aliphatic heterocycles. The largest absolute Gasteiger partial charge is 0.497 e. The summed E-state index contributed by atoms with van der Waals surface area (Å²) in [6.07, 6.45) is -0.0179. The fraction of sp³-hybridized carbons (Fsp3) is 0.650. The van der Waals surface area contributed by atoms with Crippen molar-refractivity contribution in [2.75, 3.05) is 12.0 Å². The third-order valence-corrected chi connectivity index (χ3v) is 10.4. The lowest BCUT2D eigenvalue weighted by Gasteiger charge is -2.56. The minimum Gasteiger partial charge on any atom is -0.497 e. The summed E-state index contributed by atoms with van der Waals surface area (Å²) in [7, 11) is -0.257. The third kappa shape index (κ3) is 3.49. The monoisotopic (exact) mass is 363 g/mol. The third-order valence-electron chi connectivity index (χ3n) is 5.87. The minimum atomic E-state index is -1.90. The first kappa shape index (κ1) is 20.0. The molecule has 25 heavy (non-hydrogen) atoms. The molecule has 5 heteroatoms. The predicted octanol–water partition coefficient (Wildman–Crippen LogP) is 4.85. The van der Waals surface area contributed by atoms with Crippen LogP contribution in [0.25, 0.3) is 0 Å². The Morgan fingerprint density at radius 2 is 1.68 bits per heavy atom. The number of amides is 1. The van der Waals surface area contributed by atoms with Gasteiger partial charge in [0.05, 0.1) is 24.7 Å². The smallest absolute Gasteiger partial charge is 0.235 e. The normalized spacial score (nSPS) is 21.7.